The van der Waals surface area contributed by atoms with Gasteiger partial charge in [-0.2, -0.15) is 0 Å². The second kappa shape index (κ2) is 11.1. The highest BCUT2D eigenvalue weighted by Crippen LogP contribution is 2.19. The Balaban J connectivity index is 1.65. The third-order valence-corrected chi connectivity index (χ3v) is 5.35. The Morgan fingerprint density at radius 3 is 2.34 bits per heavy atom. The lowest BCUT2D eigenvalue weighted by Gasteiger charge is -2.23. The van der Waals surface area contributed by atoms with Crippen molar-refractivity contribution in [3.05, 3.63) is 71.8 Å². The van der Waals surface area contributed by atoms with Gasteiger partial charge in [-0.1, -0.05) is 48.5 Å². The van der Waals surface area contributed by atoms with Crippen LogP contribution in [0.25, 0.3) is 0 Å². The smallest absolute Gasteiger partial charge is 0.328 e. The van der Waals surface area contributed by atoms with Gasteiger partial charge in [0.05, 0.1) is 0 Å². The number of carbonyl (C=O) groups excluding carboxylic acids is 3. The molecule has 0 aromatic heterocycles. The maximum atomic E-state index is 12.7. The van der Waals surface area contributed by atoms with Crippen LogP contribution >= 0.6 is 0 Å². The van der Waals surface area contributed by atoms with Crippen molar-refractivity contribution in [3.8, 4) is 0 Å². The predicted molar refractivity (Wildman–Crippen MR) is 116 cm³/mol. The summed E-state index contributed by atoms with van der Waals surface area (Å²) >= 11 is 0. The van der Waals surface area contributed by atoms with Crippen LogP contribution in [0.3, 0.4) is 0 Å². The van der Waals surface area contributed by atoms with E-state index in [0.29, 0.717) is 24.9 Å². The number of aliphatic carboxylic acids is 1. The van der Waals surface area contributed by atoms with E-state index >= 15 is 0 Å². The van der Waals surface area contributed by atoms with Crippen LogP contribution in [0.1, 0.15) is 41.6 Å². The Hall–Kier alpha value is -3.68. The van der Waals surface area contributed by atoms with Gasteiger partial charge >= 0.3 is 11.9 Å². The molecule has 1 fully saturated rings. The number of carboxylic acid groups (broad SMARTS) is 1. The molecule has 0 bridgehead atoms. The van der Waals surface area contributed by atoms with E-state index in [1.54, 1.807) is 30.3 Å². The molecule has 8 nitrogen and oxygen atoms in total. The Labute approximate surface area is 186 Å². The number of carboxylic acids is 1. The number of likely N-dealkylation sites (tertiary alicyclic amines) is 1. The molecule has 0 aliphatic carbocycles. The molecule has 168 valence electrons. The average Bonchev–Trinajstić information content (AvgIpc) is 3.31. The lowest BCUT2D eigenvalue weighted by Crippen LogP contribution is -2.44. The fraction of sp³-hybridized carbons (Fsp3) is 0.333. The SMILES string of the molecule is O=C(N[C@H](CCC(=O)N1CCC[C@H]1C(=O)O)C(=O)OCc1ccccc1)c1ccccc1. The quantitative estimate of drug-likeness (QED) is 0.581. The van der Waals surface area contributed by atoms with E-state index < -0.39 is 29.9 Å². The van der Waals surface area contributed by atoms with Crippen molar-refractivity contribution in [3.63, 3.8) is 0 Å². The minimum absolute atomic E-state index is 0.00781. The molecule has 3 rings (SSSR count). The van der Waals surface area contributed by atoms with Crippen molar-refractivity contribution >= 4 is 23.8 Å². The normalized spacial score (nSPS) is 16.2. The number of nitrogens with one attached hydrogen (secondary N) is 1. The zero-order valence-corrected chi connectivity index (χ0v) is 17.6. The van der Waals surface area contributed by atoms with E-state index in [0.717, 1.165) is 5.56 Å². The number of esters is 1. The first kappa shape index (κ1) is 23.0. The summed E-state index contributed by atoms with van der Waals surface area (Å²) in [6.07, 6.45) is 0.960. The van der Waals surface area contributed by atoms with E-state index in [4.69, 9.17) is 4.74 Å². The zero-order chi connectivity index (χ0) is 22.9. The molecule has 1 heterocycles. The molecule has 1 aliphatic rings. The Morgan fingerprint density at radius 1 is 1.03 bits per heavy atom. The van der Waals surface area contributed by atoms with Crippen LogP contribution in [-0.4, -0.2) is 52.4 Å². The monoisotopic (exact) mass is 438 g/mol. The summed E-state index contributed by atoms with van der Waals surface area (Å²) in [5.41, 5.74) is 1.18. The summed E-state index contributed by atoms with van der Waals surface area (Å²) < 4.78 is 5.37. The van der Waals surface area contributed by atoms with Gasteiger partial charge in [0.25, 0.3) is 5.91 Å². The zero-order valence-electron chi connectivity index (χ0n) is 17.6. The largest absolute Gasteiger partial charge is 0.480 e. The van der Waals surface area contributed by atoms with Crippen molar-refractivity contribution in [1.82, 2.24) is 10.2 Å². The van der Waals surface area contributed by atoms with E-state index in [-0.39, 0.29) is 25.4 Å². The summed E-state index contributed by atoms with van der Waals surface area (Å²) in [7, 11) is 0. The summed E-state index contributed by atoms with van der Waals surface area (Å²) in [6.45, 7) is 0.411. The Bertz CT molecular complexity index is 947. The molecule has 0 radical (unpaired) electrons. The fourth-order valence-corrected chi connectivity index (χ4v) is 3.64. The van der Waals surface area contributed by atoms with Gasteiger partial charge < -0.3 is 20.1 Å². The summed E-state index contributed by atoms with van der Waals surface area (Å²) in [4.78, 5) is 50.6. The number of benzene rings is 2. The molecule has 0 unspecified atom stereocenters. The first-order chi connectivity index (χ1) is 15.5. The maximum Gasteiger partial charge on any atom is 0.328 e. The third kappa shape index (κ3) is 6.16. The van der Waals surface area contributed by atoms with E-state index in [2.05, 4.69) is 5.32 Å². The molecule has 2 atom stereocenters. The van der Waals surface area contributed by atoms with Crippen molar-refractivity contribution < 1.29 is 29.0 Å². The van der Waals surface area contributed by atoms with Crippen LogP contribution in [0.15, 0.2) is 60.7 Å². The highest BCUT2D eigenvalue weighted by atomic mass is 16.5. The van der Waals surface area contributed by atoms with Crippen LogP contribution in [0, 0.1) is 0 Å². The van der Waals surface area contributed by atoms with E-state index in [1.165, 1.54) is 4.90 Å². The van der Waals surface area contributed by atoms with Gasteiger partial charge in [0, 0.05) is 18.5 Å². The molecular weight excluding hydrogens is 412 g/mol. The van der Waals surface area contributed by atoms with Gasteiger partial charge in [0.15, 0.2) is 0 Å². The van der Waals surface area contributed by atoms with Crippen molar-refractivity contribution in [2.24, 2.45) is 0 Å². The second-order valence-corrected chi connectivity index (χ2v) is 7.61. The minimum Gasteiger partial charge on any atom is -0.480 e. The van der Waals surface area contributed by atoms with Crippen LogP contribution in [0.2, 0.25) is 0 Å². The molecule has 0 saturated carbocycles. The molecule has 1 saturated heterocycles. The highest BCUT2D eigenvalue weighted by Gasteiger charge is 2.34. The van der Waals surface area contributed by atoms with Crippen molar-refractivity contribution in [2.75, 3.05) is 6.54 Å². The molecule has 2 N–H and O–H groups in total. The minimum atomic E-state index is -1.04. The molecule has 2 aromatic carbocycles. The number of hydrogen-bond acceptors (Lipinski definition) is 5. The van der Waals surface area contributed by atoms with Gasteiger partial charge in [-0.05, 0) is 37.0 Å². The number of nitrogens with zero attached hydrogens (tertiary/aromatic N) is 1. The van der Waals surface area contributed by atoms with Crippen LogP contribution in [0.4, 0.5) is 0 Å². The standard InChI is InChI=1S/C24H26N2O6/c27-21(26-15-7-12-20(26)23(29)30)14-13-19(25-22(28)18-10-5-2-6-11-18)24(31)32-16-17-8-3-1-4-9-17/h1-6,8-11,19-20H,7,12-16H2,(H,25,28)(H,29,30)/t19-,20+/m1/s1. The molecule has 2 amide bonds. The van der Waals surface area contributed by atoms with Crippen LogP contribution in [-0.2, 0) is 25.7 Å². The molecule has 0 spiro atoms. The lowest BCUT2D eigenvalue weighted by molar-refractivity contribution is -0.150. The van der Waals surface area contributed by atoms with Crippen molar-refractivity contribution in [1.29, 1.82) is 0 Å². The maximum absolute atomic E-state index is 12.7. The summed E-state index contributed by atoms with van der Waals surface area (Å²) in [5, 5.41) is 11.9. The first-order valence-corrected chi connectivity index (χ1v) is 10.5. The number of amides is 2. The second-order valence-electron chi connectivity index (χ2n) is 7.61. The fourth-order valence-electron chi connectivity index (χ4n) is 3.64. The molecular formula is C24H26N2O6. The van der Waals surface area contributed by atoms with Gasteiger partial charge in [0.1, 0.15) is 18.7 Å². The lowest BCUT2D eigenvalue weighted by atomic mass is 10.1. The predicted octanol–water partition coefficient (Wildman–Crippen LogP) is 2.38. The van der Waals surface area contributed by atoms with Gasteiger partial charge in [-0.3, -0.25) is 9.59 Å². The molecule has 8 heteroatoms. The molecule has 32 heavy (non-hydrogen) atoms. The van der Waals surface area contributed by atoms with Gasteiger partial charge in [-0.25, -0.2) is 9.59 Å². The number of hydrogen-bond donors (Lipinski definition) is 2. The number of ether oxygens (including phenoxy) is 1. The van der Waals surface area contributed by atoms with Crippen molar-refractivity contribution in [2.45, 2.75) is 44.4 Å². The Kier molecular flexibility index (Phi) is 7.96. The third-order valence-electron chi connectivity index (χ3n) is 5.35. The van der Waals surface area contributed by atoms with Gasteiger partial charge in [0.2, 0.25) is 5.91 Å². The summed E-state index contributed by atoms with van der Waals surface area (Å²) in [6, 6.07) is 15.7. The summed E-state index contributed by atoms with van der Waals surface area (Å²) in [5.74, 6) is -2.50. The average molecular weight is 438 g/mol. The number of rotatable bonds is 9. The molecule has 1 aliphatic heterocycles. The van der Waals surface area contributed by atoms with Crippen LogP contribution < -0.4 is 5.32 Å². The Morgan fingerprint density at radius 2 is 1.69 bits per heavy atom. The first-order valence-electron chi connectivity index (χ1n) is 10.5. The van der Waals surface area contributed by atoms with Gasteiger partial charge in [-0.15, -0.1) is 0 Å². The van der Waals surface area contributed by atoms with E-state index in [9.17, 15) is 24.3 Å². The van der Waals surface area contributed by atoms with E-state index in [1.807, 2.05) is 30.3 Å². The molecule has 2 aromatic rings. The number of carbonyl (C=O) groups is 4. The highest BCUT2D eigenvalue weighted by molar-refractivity contribution is 5.97. The van der Waals surface area contributed by atoms with Crippen LogP contribution in [0.5, 0.6) is 0 Å². The topological polar surface area (TPSA) is 113 Å².